The Bertz CT molecular complexity index is 742. The first-order valence-electron chi connectivity index (χ1n) is 7.90. The molecule has 1 heterocycles. The van der Waals surface area contributed by atoms with Crippen molar-refractivity contribution >= 4 is 12.1 Å². The van der Waals surface area contributed by atoms with Gasteiger partial charge in [0.15, 0.2) is 0 Å². The third-order valence-corrected chi connectivity index (χ3v) is 4.10. The number of amides is 1. The molecule has 0 radical (unpaired) electrons. The summed E-state index contributed by atoms with van der Waals surface area (Å²) in [7, 11) is 0. The van der Waals surface area contributed by atoms with Crippen LogP contribution in [0.25, 0.3) is 0 Å². The van der Waals surface area contributed by atoms with Crippen LogP contribution in [0.4, 0.5) is 4.79 Å². The second-order valence-electron chi connectivity index (χ2n) is 5.89. The summed E-state index contributed by atoms with van der Waals surface area (Å²) in [4.78, 5) is 24.7. The third kappa shape index (κ3) is 3.93. The van der Waals surface area contributed by atoms with E-state index in [9.17, 15) is 9.59 Å². The molecule has 0 aliphatic carbocycles. The largest absolute Gasteiger partial charge is 0.481 e. The number of aliphatic carboxylic acids is 1. The van der Waals surface area contributed by atoms with Crippen LogP contribution >= 0.6 is 0 Å². The number of nitrogens with zero attached hydrogens (tertiary/aromatic N) is 1. The molecular formula is C19H19NO4. The maximum atomic E-state index is 12.2. The third-order valence-electron chi connectivity index (χ3n) is 4.10. The molecule has 1 aliphatic rings. The number of carboxylic acids is 1. The fraction of sp³-hybridized carbons (Fsp3) is 0.263. The van der Waals surface area contributed by atoms with Crippen molar-refractivity contribution in [2.24, 2.45) is 0 Å². The molecule has 3 rings (SSSR count). The van der Waals surface area contributed by atoms with Crippen LogP contribution in [-0.2, 0) is 35.5 Å². The highest BCUT2D eigenvalue weighted by atomic mass is 16.6. The summed E-state index contributed by atoms with van der Waals surface area (Å²) >= 11 is 0. The standard InChI is InChI=1S/C19H19NO4/c21-18(22)11-15-6-7-17-12-20(9-8-16(17)10-15)19(23)24-13-14-4-2-1-3-5-14/h1-7,10H,8-9,11-13H2,(H,21,22). The minimum atomic E-state index is -0.836. The van der Waals surface area contributed by atoms with E-state index in [1.807, 2.05) is 48.5 Å². The van der Waals surface area contributed by atoms with Crippen molar-refractivity contribution in [2.75, 3.05) is 6.54 Å². The monoisotopic (exact) mass is 325 g/mol. The van der Waals surface area contributed by atoms with Crippen LogP contribution in [0.1, 0.15) is 22.3 Å². The van der Waals surface area contributed by atoms with Gasteiger partial charge in [0, 0.05) is 13.1 Å². The highest BCUT2D eigenvalue weighted by Crippen LogP contribution is 2.21. The molecule has 2 aromatic rings. The van der Waals surface area contributed by atoms with E-state index in [1.165, 1.54) is 0 Å². The molecule has 124 valence electrons. The Hall–Kier alpha value is -2.82. The maximum absolute atomic E-state index is 12.2. The van der Waals surface area contributed by atoms with E-state index in [2.05, 4.69) is 0 Å². The number of fused-ring (bicyclic) bond motifs is 1. The molecule has 24 heavy (non-hydrogen) atoms. The lowest BCUT2D eigenvalue weighted by Crippen LogP contribution is -2.36. The Morgan fingerprint density at radius 3 is 2.58 bits per heavy atom. The normalized spacial score (nSPS) is 13.2. The molecule has 0 saturated carbocycles. The van der Waals surface area contributed by atoms with E-state index < -0.39 is 5.97 Å². The molecule has 0 atom stereocenters. The van der Waals surface area contributed by atoms with Crippen LogP contribution in [0.5, 0.6) is 0 Å². The summed E-state index contributed by atoms with van der Waals surface area (Å²) in [6.07, 6.45) is 0.415. The Kier molecular flexibility index (Phi) is 4.79. The highest BCUT2D eigenvalue weighted by molar-refractivity contribution is 5.70. The number of rotatable bonds is 4. The fourth-order valence-corrected chi connectivity index (χ4v) is 2.86. The minimum Gasteiger partial charge on any atom is -0.481 e. The molecule has 1 aliphatic heterocycles. The molecule has 2 aromatic carbocycles. The molecule has 1 N–H and O–H groups in total. The predicted octanol–water partition coefficient (Wildman–Crippen LogP) is 3.01. The Morgan fingerprint density at radius 1 is 1.04 bits per heavy atom. The van der Waals surface area contributed by atoms with Gasteiger partial charge in [-0.1, -0.05) is 48.5 Å². The summed E-state index contributed by atoms with van der Waals surface area (Å²) in [5.74, 6) is -0.836. The zero-order valence-electron chi connectivity index (χ0n) is 13.3. The summed E-state index contributed by atoms with van der Waals surface area (Å²) in [6, 6.07) is 15.2. The van der Waals surface area contributed by atoms with Crippen molar-refractivity contribution in [2.45, 2.75) is 26.0 Å². The van der Waals surface area contributed by atoms with E-state index in [0.29, 0.717) is 19.5 Å². The van der Waals surface area contributed by atoms with Gasteiger partial charge in [0.2, 0.25) is 0 Å². The Morgan fingerprint density at radius 2 is 1.83 bits per heavy atom. The van der Waals surface area contributed by atoms with Gasteiger partial charge in [0.1, 0.15) is 6.61 Å². The summed E-state index contributed by atoms with van der Waals surface area (Å²) in [5.41, 5.74) is 3.91. The van der Waals surface area contributed by atoms with Gasteiger partial charge in [-0.25, -0.2) is 4.79 Å². The molecule has 0 unspecified atom stereocenters. The van der Waals surface area contributed by atoms with Crippen LogP contribution < -0.4 is 0 Å². The SMILES string of the molecule is O=C(O)Cc1ccc2c(c1)CCN(C(=O)OCc1ccccc1)C2. The first-order valence-corrected chi connectivity index (χ1v) is 7.90. The Labute approximate surface area is 140 Å². The number of carbonyl (C=O) groups is 2. The van der Waals surface area contributed by atoms with Gasteiger partial charge < -0.3 is 14.7 Å². The van der Waals surface area contributed by atoms with Crippen LogP contribution in [0.3, 0.4) is 0 Å². The van der Waals surface area contributed by atoms with Crippen LogP contribution in [0.15, 0.2) is 48.5 Å². The number of carbonyl (C=O) groups excluding carboxylic acids is 1. The lowest BCUT2D eigenvalue weighted by atomic mass is 9.96. The van der Waals surface area contributed by atoms with Gasteiger partial charge in [-0.05, 0) is 28.7 Å². The molecular weight excluding hydrogens is 306 g/mol. The van der Waals surface area contributed by atoms with Crippen molar-refractivity contribution in [1.82, 2.24) is 4.90 Å². The first kappa shape index (κ1) is 16.1. The van der Waals surface area contributed by atoms with Crippen LogP contribution in [0.2, 0.25) is 0 Å². The minimum absolute atomic E-state index is 0.0239. The van der Waals surface area contributed by atoms with Gasteiger partial charge in [0.25, 0.3) is 0 Å². The van der Waals surface area contributed by atoms with Crippen molar-refractivity contribution in [3.63, 3.8) is 0 Å². The molecule has 0 saturated heterocycles. The van der Waals surface area contributed by atoms with Gasteiger partial charge in [0.05, 0.1) is 6.42 Å². The van der Waals surface area contributed by atoms with E-state index in [-0.39, 0.29) is 19.1 Å². The molecule has 0 fully saturated rings. The predicted molar refractivity (Wildman–Crippen MR) is 88.5 cm³/mol. The van der Waals surface area contributed by atoms with E-state index in [4.69, 9.17) is 9.84 Å². The lowest BCUT2D eigenvalue weighted by molar-refractivity contribution is -0.136. The number of ether oxygens (including phenoxy) is 1. The fourth-order valence-electron chi connectivity index (χ4n) is 2.86. The molecule has 0 spiro atoms. The van der Waals surface area contributed by atoms with Crippen LogP contribution in [-0.4, -0.2) is 28.6 Å². The van der Waals surface area contributed by atoms with Gasteiger partial charge in [-0.2, -0.15) is 0 Å². The zero-order valence-corrected chi connectivity index (χ0v) is 13.3. The molecule has 0 bridgehead atoms. The van der Waals surface area contributed by atoms with E-state index in [0.717, 1.165) is 22.3 Å². The quantitative estimate of drug-likeness (QED) is 0.938. The summed E-state index contributed by atoms with van der Waals surface area (Å²) in [5, 5.41) is 8.87. The Balaban J connectivity index is 1.60. The molecule has 1 amide bonds. The molecule has 0 aromatic heterocycles. The van der Waals surface area contributed by atoms with E-state index in [1.54, 1.807) is 4.90 Å². The molecule has 5 heteroatoms. The second kappa shape index (κ2) is 7.17. The first-order chi connectivity index (χ1) is 11.6. The average molecular weight is 325 g/mol. The summed E-state index contributed by atoms with van der Waals surface area (Å²) in [6.45, 7) is 1.34. The average Bonchev–Trinajstić information content (AvgIpc) is 2.59. The lowest BCUT2D eigenvalue weighted by Gasteiger charge is -2.28. The van der Waals surface area contributed by atoms with Crippen molar-refractivity contribution in [1.29, 1.82) is 0 Å². The summed E-state index contributed by atoms with van der Waals surface area (Å²) < 4.78 is 5.37. The molecule has 5 nitrogen and oxygen atoms in total. The van der Waals surface area contributed by atoms with Crippen molar-refractivity contribution in [3.8, 4) is 0 Å². The van der Waals surface area contributed by atoms with Gasteiger partial charge in [-0.15, -0.1) is 0 Å². The number of hydrogen-bond donors (Lipinski definition) is 1. The number of hydrogen-bond acceptors (Lipinski definition) is 3. The highest BCUT2D eigenvalue weighted by Gasteiger charge is 2.22. The van der Waals surface area contributed by atoms with Gasteiger partial charge >= 0.3 is 12.1 Å². The van der Waals surface area contributed by atoms with Crippen molar-refractivity contribution in [3.05, 3.63) is 70.8 Å². The zero-order chi connectivity index (χ0) is 16.9. The van der Waals surface area contributed by atoms with Crippen molar-refractivity contribution < 1.29 is 19.4 Å². The van der Waals surface area contributed by atoms with Gasteiger partial charge in [-0.3, -0.25) is 4.79 Å². The van der Waals surface area contributed by atoms with Crippen LogP contribution in [0, 0.1) is 0 Å². The topological polar surface area (TPSA) is 66.8 Å². The number of benzene rings is 2. The number of carboxylic acid groups (broad SMARTS) is 1. The maximum Gasteiger partial charge on any atom is 0.410 e. The van der Waals surface area contributed by atoms with E-state index >= 15 is 0 Å². The smallest absolute Gasteiger partial charge is 0.410 e. The second-order valence-corrected chi connectivity index (χ2v) is 5.89.